The summed E-state index contributed by atoms with van der Waals surface area (Å²) in [4.78, 5) is 7.10. The Bertz CT molecular complexity index is 1080. The number of aryl methyl sites for hydroxylation is 2. The maximum atomic E-state index is 5.56. The van der Waals surface area contributed by atoms with Gasteiger partial charge in [0.25, 0.3) is 0 Å². The minimum Gasteiger partial charge on any atom is -0.338 e. The molecule has 7 heteroatoms. The van der Waals surface area contributed by atoms with E-state index in [-0.39, 0.29) is 0 Å². The molecule has 6 rings (SSSR count). The molecular formula is C24H30N6O. The first-order valence-corrected chi connectivity index (χ1v) is 11.7. The first-order chi connectivity index (χ1) is 15.2. The maximum absolute atomic E-state index is 5.56. The summed E-state index contributed by atoms with van der Waals surface area (Å²) in [6.45, 7) is 6.09. The van der Waals surface area contributed by atoms with E-state index >= 15 is 0 Å². The molecule has 1 spiro atoms. The highest BCUT2D eigenvalue weighted by molar-refractivity contribution is 5.55. The predicted octanol–water partition coefficient (Wildman–Crippen LogP) is 4.13. The van der Waals surface area contributed by atoms with Crippen molar-refractivity contribution in [1.29, 1.82) is 0 Å². The molecule has 2 aromatic heterocycles. The Morgan fingerprint density at radius 3 is 2.87 bits per heavy atom. The van der Waals surface area contributed by atoms with Gasteiger partial charge in [0, 0.05) is 24.4 Å². The van der Waals surface area contributed by atoms with E-state index in [0.29, 0.717) is 23.0 Å². The van der Waals surface area contributed by atoms with Crippen LogP contribution in [0.25, 0.3) is 11.4 Å². The minimum atomic E-state index is 0.439. The summed E-state index contributed by atoms with van der Waals surface area (Å²) in [5.41, 5.74) is 2.66. The molecular weight excluding hydrogens is 388 g/mol. The van der Waals surface area contributed by atoms with E-state index in [0.717, 1.165) is 38.2 Å². The Balaban J connectivity index is 1.08. The number of likely N-dealkylation sites (tertiary alicyclic amines) is 1. The molecule has 31 heavy (non-hydrogen) atoms. The summed E-state index contributed by atoms with van der Waals surface area (Å²) in [5.74, 6) is 4.48. The van der Waals surface area contributed by atoms with Crippen LogP contribution in [0, 0.1) is 12.3 Å². The highest BCUT2D eigenvalue weighted by atomic mass is 16.5. The normalized spacial score (nSPS) is 22.9. The Morgan fingerprint density at radius 1 is 1.10 bits per heavy atom. The molecule has 1 atom stereocenters. The van der Waals surface area contributed by atoms with E-state index in [1.807, 2.05) is 12.1 Å². The summed E-state index contributed by atoms with van der Waals surface area (Å²) in [6, 6.07) is 8.24. The smallest absolute Gasteiger partial charge is 0.241 e. The van der Waals surface area contributed by atoms with Gasteiger partial charge in [-0.05, 0) is 63.6 Å². The third-order valence-electron chi connectivity index (χ3n) is 7.59. The number of hydrogen-bond donors (Lipinski definition) is 0. The van der Waals surface area contributed by atoms with E-state index in [2.05, 4.69) is 48.9 Å². The molecule has 0 unspecified atom stereocenters. The topological polar surface area (TPSA) is 72.9 Å². The fourth-order valence-electron chi connectivity index (χ4n) is 5.60. The molecule has 1 aliphatic carbocycles. The van der Waals surface area contributed by atoms with Gasteiger partial charge in [-0.3, -0.25) is 4.90 Å². The van der Waals surface area contributed by atoms with Gasteiger partial charge in [0.2, 0.25) is 11.7 Å². The third kappa shape index (κ3) is 3.59. The zero-order valence-electron chi connectivity index (χ0n) is 18.3. The monoisotopic (exact) mass is 418 g/mol. The van der Waals surface area contributed by atoms with E-state index in [1.54, 1.807) is 0 Å². The lowest BCUT2D eigenvalue weighted by molar-refractivity contribution is 0.145. The molecule has 4 heterocycles. The number of aromatic nitrogens is 5. The molecule has 1 saturated carbocycles. The molecule has 162 valence electrons. The van der Waals surface area contributed by atoms with Crippen molar-refractivity contribution in [3.05, 3.63) is 47.4 Å². The van der Waals surface area contributed by atoms with E-state index in [1.165, 1.54) is 55.7 Å². The third-order valence-corrected chi connectivity index (χ3v) is 7.59. The number of hydrogen-bond acceptors (Lipinski definition) is 6. The Morgan fingerprint density at radius 2 is 2.00 bits per heavy atom. The van der Waals surface area contributed by atoms with Crippen molar-refractivity contribution in [1.82, 2.24) is 29.8 Å². The van der Waals surface area contributed by atoms with Crippen molar-refractivity contribution < 1.29 is 4.52 Å². The number of rotatable bonds is 4. The van der Waals surface area contributed by atoms with Gasteiger partial charge in [0.1, 0.15) is 11.6 Å². The lowest BCUT2D eigenvalue weighted by Gasteiger charge is -2.31. The second kappa shape index (κ2) is 7.55. The van der Waals surface area contributed by atoms with E-state index in [9.17, 15) is 0 Å². The Labute approximate surface area is 182 Å². The van der Waals surface area contributed by atoms with Crippen LogP contribution in [-0.4, -0.2) is 42.9 Å². The maximum Gasteiger partial charge on any atom is 0.241 e. The molecule has 2 fully saturated rings. The lowest BCUT2D eigenvalue weighted by atomic mass is 9.90. The van der Waals surface area contributed by atoms with Gasteiger partial charge in [0.05, 0.1) is 6.54 Å². The van der Waals surface area contributed by atoms with Crippen LogP contribution < -0.4 is 0 Å². The van der Waals surface area contributed by atoms with Crippen molar-refractivity contribution in [3.63, 3.8) is 0 Å². The minimum absolute atomic E-state index is 0.439. The molecule has 0 bridgehead atoms. The van der Waals surface area contributed by atoms with Crippen LogP contribution in [0.2, 0.25) is 0 Å². The fraction of sp³-hybridized carbons (Fsp3) is 0.583. The Kier molecular flexibility index (Phi) is 4.67. The summed E-state index contributed by atoms with van der Waals surface area (Å²) >= 11 is 0. The summed E-state index contributed by atoms with van der Waals surface area (Å²) in [5, 5.41) is 13.4. The van der Waals surface area contributed by atoms with Gasteiger partial charge in [-0.1, -0.05) is 35.3 Å². The van der Waals surface area contributed by atoms with Crippen LogP contribution in [0.3, 0.4) is 0 Å². The van der Waals surface area contributed by atoms with Crippen molar-refractivity contribution in [2.75, 3.05) is 13.1 Å². The van der Waals surface area contributed by atoms with Crippen LogP contribution in [0.15, 0.2) is 28.8 Å². The number of piperidine rings is 1. The van der Waals surface area contributed by atoms with Gasteiger partial charge >= 0.3 is 0 Å². The quantitative estimate of drug-likeness (QED) is 0.634. The average Bonchev–Trinajstić information content (AvgIpc) is 3.13. The van der Waals surface area contributed by atoms with Gasteiger partial charge in [0.15, 0.2) is 0 Å². The molecule has 0 radical (unpaired) electrons. The summed E-state index contributed by atoms with van der Waals surface area (Å²) < 4.78 is 8.01. The molecule has 2 aliphatic heterocycles. The first kappa shape index (κ1) is 19.2. The molecule has 1 aromatic carbocycles. The second-order valence-corrected chi connectivity index (χ2v) is 9.71. The number of fused-ring (bicyclic) bond motifs is 1. The number of nitrogens with zero attached hydrogens (tertiary/aromatic N) is 6. The van der Waals surface area contributed by atoms with E-state index in [4.69, 9.17) is 4.52 Å². The van der Waals surface area contributed by atoms with Crippen LogP contribution in [0.4, 0.5) is 0 Å². The van der Waals surface area contributed by atoms with Gasteiger partial charge < -0.3 is 9.09 Å². The van der Waals surface area contributed by atoms with Crippen molar-refractivity contribution in [2.24, 2.45) is 5.41 Å². The lowest BCUT2D eigenvalue weighted by Crippen LogP contribution is -2.34. The van der Waals surface area contributed by atoms with Crippen LogP contribution in [0.1, 0.15) is 67.5 Å². The van der Waals surface area contributed by atoms with Gasteiger partial charge in [-0.25, -0.2) is 0 Å². The SMILES string of the molecule is Cc1cccc(-c2noc(CN3CCC4(CC3)C[C@@H]4c3nnc4n3CCCCC4)n2)c1. The first-order valence-electron chi connectivity index (χ1n) is 11.7. The zero-order valence-corrected chi connectivity index (χ0v) is 18.3. The van der Waals surface area contributed by atoms with Gasteiger partial charge in [-0.2, -0.15) is 4.98 Å². The predicted molar refractivity (Wildman–Crippen MR) is 116 cm³/mol. The highest BCUT2D eigenvalue weighted by Crippen LogP contribution is 2.64. The molecule has 3 aliphatic rings. The fourth-order valence-corrected chi connectivity index (χ4v) is 5.60. The molecule has 0 amide bonds. The molecule has 3 aromatic rings. The van der Waals surface area contributed by atoms with Crippen LogP contribution >= 0.6 is 0 Å². The summed E-state index contributed by atoms with van der Waals surface area (Å²) in [7, 11) is 0. The van der Waals surface area contributed by atoms with E-state index < -0.39 is 0 Å². The van der Waals surface area contributed by atoms with Crippen LogP contribution in [-0.2, 0) is 19.5 Å². The molecule has 7 nitrogen and oxygen atoms in total. The number of benzene rings is 1. The second-order valence-electron chi connectivity index (χ2n) is 9.71. The van der Waals surface area contributed by atoms with Crippen LogP contribution in [0.5, 0.6) is 0 Å². The average molecular weight is 419 g/mol. The zero-order chi connectivity index (χ0) is 20.8. The van der Waals surface area contributed by atoms with Gasteiger partial charge in [-0.15, -0.1) is 10.2 Å². The summed E-state index contributed by atoms with van der Waals surface area (Å²) in [6.07, 6.45) is 8.64. The largest absolute Gasteiger partial charge is 0.338 e. The van der Waals surface area contributed by atoms with Crippen molar-refractivity contribution in [2.45, 2.75) is 70.9 Å². The standard InChI is InChI=1S/C24H30N6O/c1-17-6-5-7-18(14-17)22-25-21(31-28-22)16-29-12-9-24(10-13-29)15-19(24)23-27-26-20-8-3-2-4-11-30(20)23/h5-7,14,19H,2-4,8-13,15-16H2,1H3/t19-/m1/s1. The molecule has 0 N–H and O–H groups in total. The van der Waals surface area contributed by atoms with Crippen molar-refractivity contribution in [3.8, 4) is 11.4 Å². The highest BCUT2D eigenvalue weighted by Gasteiger charge is 2.57. The van der Waals surface area contributed by atoms with Crippen molar-refractivity contribution >= 4 is 0 Å². The Hall–Kier alpha value is -2.54. The molecule has 1 saturated heterocycles.